The third-order valence-corrected chi connectivity index (χ3v) is 4.42. The maximum Gasteiger partial charge on any atom is 0.127 e. The summed E-state index contributed by atoms with van der Waals surface area (Å²) in [5, 5.41) is 0. The topological polar surface area (TPSA) is 47.7 Å². The lowest BCUT2D eigenvalue weighted by Crippen LogP contribution is -2.37. The first-order valence-corrected chi connectivity index (χ1v) is 7.35. The molecule has 112 valence electrons. The standard InChI is InChI=1S/C16H26N2O2/c1-18(12-6-4-5-7-12)15(11-17)14-9-8-13(19-2)10-16(14)20-3/h8-10,12,15H,4-7,11,17H2,1-3H3. The zero-order valence-electron chi connectivity index (χ0n) is 12.8. The number of nitrogens with two attached hydrogens (primary N) is 1. The molecule has 0 aromatic heterocycles. The average Bonchev–Trinajstić information content (AvgIpc) is 3.02. The lowest BCUT2D eigenvalue weighted by molar-refractivity contribution is 0.176. The minimum atomic E-state index is 0.193. The van der Waals surface area contributed by atoms with Gasteiger partial charge < -0.3 is 15.2 Å². The Balaban J connectivity index is 2.25. The number of likely N-dealkylation sites (N-methyl/N-ethyl adjacent to an activating group) is 1. The first-order valence-electron chi connectivity index (χ1n) is 7.35. The van der Waals surface area contributed by atoms with Crippen molar-refractivity contribution >= 4 is 0 Å². The van der Waals surface area contributed by atoms with E-state index in [0.29, 0.717) is 12.6 Å². The highest BCUT2D eigenvalue weighted by atomic mass is 16.5. The molecule has 0 heterocycles. The fourth-order valence-corrected chi connectivity index (χ4v) is 3.17. The molecule has 2 rings (SSSR count). The SMILES string of the molecule is COc1ccc(C(CN)N(C)C2CCCC2)c(OC)c1. The second-order valence-electron chi connectivity index (χ2n) is 5.46. The minimum Gasteiger partial charge on any atom is -0.497 e. The van der Waals surface area contributed by atoms with Gasteiger partial charge in [0.1, 0.15) is 11.5 Å². The van der Waals surface area contributed by atoms with Gasteiger partial charge in [0.25, 0.3) is 0 Å². The summed E-state index contributed by atoms with van der Waals surface area (Å²) < 4.78 is 10.8. The second-order valence-corrected chi connectivity index (χ2v) is 5.46. The third kappa shape index (κ3) is 3.07. The van der Waals surface area contributed by atoms with E-state index >= 15 is 0 Å². The van der Waals surface area contributed by atoms with Crippen LogP contribution in [-0.4, -0.2) is 38.8 Å². The van der Waals surface area contributed by atoms with Crippen LogP contribution in [0.3, 0.4) is 0 Å². The van der Waals surface area contributed by atoms with Crippen LogP contribution in [0.15, 0.2) is 18.2 Å². The van der Waals surface area contributed by atoms with E-state index in [2.05, 4.69) is 18.0 Å². The van der Waals surface area contributed by atoms with Crippen molar-refractivity contribution < 1.29 is 9.47 Å². The molecule has 1 fully saturated rings. The van der Waals surface area contributed by atoms with E-state index in [1.165, 1.54) is 25.7 Å². The van der Waals surface area contributed by atoms with Gasteiger partial charge in [0.15, 0.2) is 0 Å². The summed E-state index contributed by atoms with van der Waals surface area (Å²) in [7, 11) is 5.54. The van der Waals surface area contributed by atoms with Crippen LogP contribution < -0.4 is 15.2 Å². The fraction of sp³-hybridized carbons (Fsp3) is 0.625. The number of benzene rings is 1. The van der Waals surface area contributed by atoms with Gasteiger partial charge in [-0.1, -0.05) is 18.9 Å². The van der Waals surface area contributed by atoms with Crippen molar-refractivity contribution in [3.8, 4) is 11.5 Å². The van der Waals surface area contributed by atoms with Crippen molar-refractivity contribution in [1.82, 2.24) is 4.90 Å². The van der Waals surface area contributed by atoms with E-state index in [9.17, 15) is 0 Å². The van der Waals surface area contributed by atoms with Crippen LogP contribution >= 0.6 is 0 Å². The Morgan fingerprint density at radius 2 is 1.95 bits per heavy atom. The Morgan fingerprint density at radius 1 is 1.25 bits per heavy atom. The van der Waals surface area contributed by atoms with Gasteiger partial charge in [-0.3, -0.25) is 4.90 Å². The van der Waals surface area contributed by atoms with Gasteiger partial charge in [0, 0.05) is 24.2 Å². The van der Waals surface area contributed by atoms with E-state index < -0.39 is 0 Å². The Morgan fingerprint density at radius 3 is 2.50 bits per heavy atom. The molecule has 1 atom stereocenters. The van der Waals surface area contributed by atoms with Crippen molar-refractivity contribution in [3.05, 3.63) is 23.8 Å². The normalized spacial score (nSPS) is 17.4. The van der Waals surface area contributed by atoms with Crippen molar-refractivity contribution in [2.45, 2.75) is 37.8 Å². The molecule has 1 aliphatic rings. The number of methoxy groups -OCH3 is 2. The molecule has 1 aliphatic carbocycles. The lowest BCUT2D eigenvalue weighted by Gasteiger charge is -2.33. The van der Waals surface area contributed by atoms with Gasteiger partial charge in [-0.05, 0) is 26.0 Å². The molecule has 4 nitrogen and oxygen atoms in total. The first-order chi connectivity index (χ1) is 9.71. The summed E-state index contributed by atoms with van der Waals surface area (Å²) >= 11 is 0. The molecule has 0 aliphatic heterocycles. The molecule has 1 aromatic rings. The largest absolute Gasteiger partial charge is 0.497 e. The molecule has 0 bridgehead atoms. The molecule has 0 spiro atoms. The van der Waals surface area contributed by atoms with Crippen LogP contribution in [0.2, 0.25) is 0 Å². The van der Waals surface area contributed by atoms with Crippen molar-refractivity contribution in [2.75, 3.05) is 27.8 Å². The van der Waals surface area contributed by atoms with Crippen LogP contribution in [0.5, 0.6) is 11.5 Å². The quantitative estimate of drug-likeness (QED) is 0.869. The number of ether oxygens (including phenoxy) is 2. The molecular weight excluding hydrogens is 252 g/mol. The first kappa shape index (κ1) is 15.1. The second kappa shape index (κ2) is 6.95. The van der Waals surface area contributed by atoms with Gasteiger partial charge in [0.05, 0.1) is 20.3 Å². The predicted molar refractivity (Wildman–Crippen MR) is 81.4 cm³/mol. The van der Waals surface area contributed by atoms with Gasteiger partial charge >= 0.3 is 0 Å². The summed E-state index contributed by atoms with van der Waals surface area (Å²) in [6, 6.07) is 6.80. The summed E-state index contributed by atoms with van der Waals surface area (Å²) in [6.07, 6.45) is 5.19. The lowest BCUT2D eigenvalue weighted by atomic mass is 10.0. The molecule has 0 saturated heterocycles. The highest BCUT2D eigenvalue weighted by Gasteiger charge is 2.27. The van der Waals surface area contributed by atoms with E-state index in [1.54, 1.807) is 14.2 Å². The van der Waals surface area contributed by atoms with Crippen LogP contribution in [0, 0.1) is 0 Å². The third-order valence-electron chi connectivity index (χ3n) is 4.42. The van der Waals surface area contributed by atoms with Crippen molar-refractivity contribution in [1.29, 1.82) is 0 Å². The monoisotopic (exact) mass is 278 g/mol. The number of rotatable bonds is 6. The molecule has 20 heavy (non-hydrogen) atoms. The maximum atomic E-state index is 6.04. The van der Waals surface area contributed by atoms with E-state index in [0.717, 1.165) is 17.1 Å². The summed E-state index contributed by atoms with van der Waals surface area (Å²) in [5.74, 6) is 1.66. The summed E-state index contributed by atoms with van der Waals surface area (Å²) in [5.41, 5.74) is 7.18. The van der Waals surface area contributed by atoms with E-state index in [1.807, 2.05) is 12.1 Å². The Hall–Kier alpha value is -1.26. The fourth-order valence-electron chi connectivity index (χ4n) is 3.17. The average molecular weight is 278 g/mol. The molecule has 1 saturated carbocycles. The van der Waals surface area contributed by atoms with Crippen LogP contribution in [0.25, 0.3) is 0 Å². The van der Waals surface area contributed by atoms with Crippen molar-refractivity contribution in [3.63, 3.8) is 0 Å². The van der Waals surface area contributed by atoms with Gasteiger partial charge in [-0.15, -0.1) is 0 Å². The minimum absolute atomic E-state index is 0.193. The Bertz CT molecular complexity index is 430. The zero-order valence-corrected chi connectivity index (χ0v) is 12.8. The van der Waals surface area contributed by atoms with Gasteiger partial charge in [-0.2, -0.15) is 0 Å². The molecule has 2 N–H and O–H groups in total. The summed E-state index contributed by atoms with van der Waals surface area (Å²) in [4.78, 5) is 2.41. The highest BCUT2D eigenvalue weighted by molar-refractivity contribution is 5.42. The predicted octanol–water partition coefficient (Wildman–Crippen LogP) is 2.58. The van der Waals surface area contributed by atoms with Crippen LogP contribution in [-0.2, 0) is 0 Å². The number of hydrogen-bond donors (Lipinski definition) is 1. The summed E-state index contributed by atoms with van der Waals surface area (Å²) in [6.45, 7) is 0.593. The smallest absolute Gasteiger partial charge is 0.127 e. The molecule has 4 heteroatoms. The Labute approximate surface area is 121 Å². The molecule has 0 radical (unpaired) electrons. The zero-order chi connectivity index (χ0) is 14.5. The van der Waals surface area contributed by atoms with Crippen LogP contribution in [0.4, 0.5) is 0 Å². The molecule has 1 unspecified atom stereocenters. The molecule has 0 amide bonds. The molecular formula is C16H26N2O2. The van der Waals surface area contributed by atoms with E-state index in [4.69, 9.17) is 15.2 Å². The molecule has 1 aromatic carbocycles. The number of hydrogen-bond acceptors (Lipinski definition) is 4. The van der Waals surface area contributed by atoms with Crippen LogP contribution in [0.1, 0.15) is 37.3 Å². The Kier molecular flexibility index (Phi) is 5.26. The van der Waals surface area contributed by atoms with Crippen molar-refractivity contribution in [2.24, 2.45) is 5.73 Å². The highest BCUT2D eigenvalue weighted by Crippen LogP contribution is 2.35. The maximum absolute atomic E-state index is 6.04. The van der Waals surface area contributed by atoms with Gasteiger partial charge in [-0.25, -0.2) is 0 Å². The number of nitrogens with zero attached hydrogens (tertiary/aromatic N) is 1. The van der Waals surface area contributed by atoms with E-state index in [-0.39, 0.29) is 6.04 Å². The van der Waals surface area contributed by atoms with Gasteiger partial charge in [0.2, 0.25) is 0 Å².